The van der Waals surface area contributed by atoms with Crippen molar-refractivity contribution in [2.75, 3.05) is 12.3 Å². The number of carboxylic acids is 1. The minimum Gasteiger partial charge on any atom is -0.493 e. The van der Waals surface area contributed by atoms with E-state index < -0.39 is 5.97 Å². The van der Waals surface area contributed by atoms with Crippen LogP contribution in [0.2, 0.25) is 0 Å². The van der Waals surface area contributed by atoms with Crippen molar-refractivity contribution in [1.82, 2.24) is 4.98 Å². The van der Waals surface area contributed by atoms with Crippen molar-refractivity contribution in [2.24, 2.45) is 5.92 Å². The molecule has 0 unspecified atom stereocenters. The van der Waals surface area contributed by atoms with Gasteiger partial charge in [-0.05, 0) is 31.8 Å². The number of anilines is 1. The number of rotatable bonds is 4. The SMILES string of the molecule is Cc1nc2c(c(N)c1C(=O)O)C(OCC(C)C)=CCC2. The number of pyridine rings is 1. The van der Waals surface area contributed by atoms with Crippen molar-refractivity contribution in [2.45, 2.75) is 33.6 Å². The highest BCUT2D eigenvalue weighted by Gasteiger charge is 2.25. The second-order valence-electron chi connectivity index (χ2n) is 5.42. The van der Waals surface area contributed by atoms with Crippen LogP contribution in [0.5, 0.6) is 0 Å². The molecule has 108 valence electrons. The molecule has 1 aliphatic rings. The number of fused-ring (bicyclic) bond motifs is 1. The molecule has 0 saturated carbocycles. The molecule has 20 heavy (non-hydrogen) atoms. The van der Waals surface area contributed by atoms with Gasteiger partial charge in [0, 0.05) is 0 Å². The molecule has 5 heteroatoms. The Kier molecular flexibility index (Phi) is 3.97. The quantitative estimate of drug-likeness (QED) is 0.883. The molecule has 1 aliphatic carbocycles. The Hall–Kier alpha value is -2.04. The largest absolute Gasteiger partial charge is 0.493 e. The molecule has 0 aliphatic heterocycles. The molecule has 1 heterocycles. The number of hydrogen-bond acceptors (Lipinski definition) is 4. The molecular weight excluding hydrogens is 256 g/mol. The van der Waals surface area contributed by atoms with Gasteiger partial charge in [-0.3, -0.25) is 4.98 Å². The number of aromatic nitrogens is 1. The number of carbonyl (C=O) groups is 1. The zero-order valence-corrected chi connectivity index (χ0v) is 12.1. The highest BCUT2D eigenvalue weighted by atomic mass is 16.5. The van der Waals surface area contributed by atoms with Gasteiger partial charge in [0.2, 0.25) is 0 Å². The van der Waals surface area contributed by atoms with Crippen molar-refractivity contribution < 1.29 is 14.6 Å². The van der Waals surface area contributed by atoms with Crippen molar-refractivity contribution >= 4 is 17.4 Å². The Labute approximate surface area is 118 Å². The first-order valence-corrected chi connectivity index (χ1v) is 6.77. The first-order chi connectivity index (χ1) is 9.41. The van der Waals surface area contributed by atoms with Gasteiger partial charge in [-0.25, -0.2) is 4.79 Å². The molecule has 0 radical (unpaired) electrons. The Bertz CT molecular complexity index is 577. The molecule has 0 amide bonds. The second-order valence-corrected chi connectivity index (χ2v) is 5.42. The number of nitrogens with two attached hydrogens (primary N) is 1. The Morgan fingerprint density at radius 1 is 1.55 bits per heavy atom. The van der Waals surface area contributed by atoms with Crippen molar-refractivity contribution in [3.8, 4) is 0 Å². The van der Waals surface area contributed by atoms with Crippen LogP contribution in [0.25, 0.3) is 5.76 Å². The molecule has 1 aromatic rings. The standard InChI is InChI=1S/C15H20N2O3/c1-8(2)7-20-11-6-4-5-10-13(11)14(16)12(15(18)19)9(3)17-10/h6,8H,4-5,7H2,1-3H3,(H2,16,17)(H,18,19). The minimum absolute atomic E-state index is 0.0738. The monoisotopic (exact) mass is 276 g/mol. The van der Waals surface area contributed by atoms with Crippen molar-refractivity contribution in [1.29, 1.82) is 0 Å². The van der Waals surface area contributed by atoms with Crippen LogP contribution in [0.3, 0.4) is 0 Å². The molecule has 0 fully saturated rings. The number of aryl methyl sites for hydroxylation is 2. The predicted molar refractivity (Wildman–Crippen MR) is 77.4 cm³/mol. The molecule has 3 N–H and O–H groups in total. The summed E-state index contributed by atoms with van der Waals surface area (Å²) in [7, 11) is 0. The van der Waals surface area contributed by atoms with E-state index >= 15 is 0 Å². The topological polar surface area (TPSA) is 85.4 Å². The summed E-state index contributed by atoms with van der Waals surface area (Å²) in [6.07, 6.45) is 3.55. The molecule has 0 atom stereocenters. The zero-order chi connectivity index (χ0) is 14.9. The highest BCUT2D eigenvalue weighted by molar-refractivity contribution is 5.98. The van der Waals surface area contributed by atoms with Gasteiger partial charge in [0.15, 0.2) is 0 Å². The number of ether oxygens (including phenoxy) is 1. The number of hydrogen-bond donors (Lipinski definition) is 2. The maximum absolute atomic E-state index is 11.3. The number of allylic oxidation sites excluding steroid dienone is 1. The van der Waals surface area contributed by atoms with E-state index in [-0.39, 0.29) is 11.3 Å². The second kappa shape index (κ2) is 5.53. The molecule has 0 aromatic carbocycles. The Morgan fingerprint density at radius 3 is 2.85 bits per heavy atom. The van der Waals surface area contributed by atoms with Gasteiger partial charge >= 0.3 is 5.97 Å². The maximum Gasteiger partial charge on any atom is 0.339 e. The molecule has 0 spiro atoms. The van der Waals surface area contributed by atoms with E-state index in [0.717, 1.165) is 18.5 Å². The van der Waals surface area contributed by atoms with Crippen LogP contribution in [-0.2, 0) is 11.2 Å². The third-order valence-electron chi connectivity index (χ3n) is 3.24. The van der Waals surface area contributed by atoms with E-state index in [2.05, 4.69) is 18.8 Å². The van der Waals surface area contributed by atoms with Gasteiger partial charge in [0.1, 0.15) is 11.3 Å². The number of nitrogen functional groups attached to an aromatic ring is 1. The lowest BCUT2D eigenvalue weighted by Crippen LogP contribution is -2.16. The predicted octanol–water partition coefficient (Wildman–Crippen LogP) is 2.63. The van der Waals surface area contributed by atoms with Gasteiger partial charge in [0.05, 0.1) is 29.2 Å². The van der Waals surface area contributed by atoms with E-state index in [1.807, 2.05) is 6.08 Å². The summed E-state index contributed by atoms with van der Waals surface area (Å²) in [6.45, 7) is 6.36. The van der Waals surface area contributed by atoms with Crippen molar-refractivity contribution in [3.63, 3.8) is 0 Å². The fourth-order valence-electron chi connectivity index (χ4n) is 2.34. The van der Waals surface area contributed by atoms with Crippen LogP contribution in [0.15, 0.2) is 6.08 Å². The molecule has 0 bridgehead atoms. The molecular formula is C15H20N2O3. The van der Waals surface area contributed by atoms with Gasteiger partial charge in [-0.2, -0.15) is 0 Å². The average Bonchev–Trinajstić information content (AvgIpc) is 2.35. The Morgan fingerprint density at radius 2 is 2.25 bits per heavy atom. The van der Waals surface area contributed by atoms with Gasteiger partial charge < -0.3 is 15.6 Å². The van der Waals surface area contributed by atoms with E-state index in [9.17, 15) is 9.90 Å². The minimum atomic E-state index is -1.05. The van der Waals surface area contributed by atoms with E-state index in [4.69, 9.17) is 10.5 Å². The fourth-order valence-corrected chi connectivity index (χ4v) is 2.34. The summed E-state index contributed by atoms with van der Waals surface area (Å²) in [4.78, 5) is 15.7. The first kappa shape index (κ1) is 14.4. The van der Waals surface area contributed by atoms with Gasteiger partial charge in [-0.1, -0.05) is 13.8 Å². The van der Waals surface area contributed by atoms with E-state index in [1.54, 1.807) is 6.92 Å². The molecule has 2 rings (SSSR count). The van der Waals surface area contributed by atoms with Gasteiger partial charge in [0.25, 0.3) is 0 Å². The third kappa shape index (κ3) is 2.61. The lowest BCUT2D eigenvalue weighted by Gasteiger charge is -2.22. The summed E-state index contributed by atoms with van der Waals surface area (Å²) in [6, 6.07) is 0. The summed E-state index contributed by atoms with van der Waals surface area (Å²) in [5.74, 6) is -0.00335. The molecule has 1 aromatic heterocycles. The molecule has 0 saturated heterocycles. The summed E-state index contributed by atoms with van der Waals surface area (Å²) in [5, 5.41) is 9.27. The summed E-state index contributed by atoms with van der Waals surface area (Å²) in [5.41, 5.74) is 8.33. The third-order valence-corrected chi connectivity index (χ3v) is 3.24. The van der Waals surface area contributed by atoms with Crippen LogP contribution in [0.4, 0.5) is 5.69 Å². The zero-order valence-electron chi connectivity index (χ0n) is 12.1. The lowest BCUT2D eigenvalue weighted by molar-refractivity contribution is 0.0696. The summed E-state index contributed by atoms with van der Waals surface area (Å²) >= 11 is 0. The fraction of sp³-hybridized carbons (Fsp3) is 0.467. The number of nitrogens with zero attached hydrogens (tertiary/aromatic N) is 1. The van der Waals surface area contributed by atoms with Crippen LogP contribution in [-0.4, -0.2) is 22.7 Å². The Balaban J connectivity index is 2.49. The smallest absolute Gasteiger partial charge is 0.339 e. The lowest BCUT2D eigenvalue weighted by atomic mass is 9.95. The average molecular weight is 276 g/mol. The normalized spacial score (nSPS) is 13.9. The number of aromatic carboxylic acids is 1. The van der Waals surface area contributed by atoms with Crippen LogP contribution in [0, 0.1) is 12.8 Å². The van der Waals surface area contributed by atoms with Crippen LogP contribution >= 0.6 is 0 Å². The van der Waals surface area contributed by atoms with Crippen LogP contribution in [0.1, 0.15) is 47.6 Å². The summed E-state index contributed by atoms with van der Waals surface area (Å²) < 4.78 is 5.77. The first-order valence-electron chi connectivity index (χ1n) is 6.77. The van der Waals surface area contributed by atoms with Gasteiger partial charge in [-0.15, -0.1) is 0 Å². The van der Waals surface area contributed by atoms with Crippen molar-refractivity contribution in [3.05, 3.63) is 28.6 Å². The highest BCUT2D eigenvalue weighted by Crippen LogP contribution is 2.34. The maximum atomic E-state index is 11.3. The number of carboxylic acid groups (broad SMARTS) is 1. The van der Waals surface area contributed by atoms with E-state index in [0.29, 0.717) is 29.5 Å². The molecule has 5 nitrogen and oxygen atoms in total. The van der Waals surface area contributed by atoms with Crippen LogP contribution < -0.4 is 5.73 Å². The van der Waals surface area contributed by atoms with E-state index in [1.165, 1.54) is 0 Å².